The Morgan fingerprint density at radius 1 is 1.29 bits per heavy atom. The van der Waals surface area contributed by atoms with Crippen molar-refractivity contribution in [2.75, 3.05) is 13.1 Å². The van der Waals surface area contributed by atoms with Gasteiger partial charge in [0.05, 0.1) is 0 Å². The summed E-state index contributed by atoms with van der Waals surface area (Å²) in [6, 6.07) is 0.992. The van der Waals surface area contributed by atoms with Gasteiger partial charge in [0.15, 0.2) is 0 Å². The van der Waals surface area contributed by atoms with Gasteiger partial charge in [-0.2, -0.15) is 0 Å². The number of carbonyl (C=O) groups excluding carboxylic acids is 2. The third-order valence-corrected chi connectivity index (χ3v) is 5.07. The third kappa shape index (κ3) is 3.51. The summed E-state index contributed by atoms with van der Waals surface area (Å²) in [6.07, 6.45) is 6.10. The van der Waals surface area contributed by atoms with E-state index in [0.29, 0.717) is 43.9 Å². The zero-order chi connectivity index (χ0) is 14.1. The van der Waals surface area contributed by atoms with Crippen LogP contribution in [0.15, 0.2) is 0 Å². The molecule has 3 aliphatic heterocycles. The molecule has 3 fully saturated rings. The minimum atomic E-state index is -0.255. The number of amides is 2. The highest BCUT2D eigenvalue weighted by Gasteiger charge is 2.37. The SMILES string of the molecule is CCC1C(=O)NCCN1C(=O)CC1CC2CCC(C1)N2.Cl. The largest absolute Gasteiger partial charge is 0.353 e. The lowest BCUT2D eigenvalue weighted by Gasteiger charge is -2.36. The first-order valence-corrected chi connectivity index (χ1v) is 8.00. The van der Waals surface area contributed by atoms with Crippen LogP contribution < -0.4 is 10.6 Å². The van der Waals surface area contributed by atoms with Gasteiger partial charge < -0.3 is 15.5 Å². The second kappa shape index (κ2) is 6.97. The first-order chi connectivity index (χ1) is 9.67. The zero-order valence-corrected chi connectivity index (χ0v) is 13.5. The van der Waals surface area contributed by atoms with Gasteiger partial charge in [-0.05, 0) is 38.0 Å². The number of piperazine rings is 1. The molecule has 2 amide bonds. The molecule has 21 heavy (non-hydrogen) atoms. The van der Waals surface area contributed by atoms with Crippen LogP contribution in [0.25, 0.3) is 0 Å². The molecule has 5 nitrogen and oxygen atoms in total. The number of halogens is 1. The molecule has 0 aromatic rings. The fourth-order valence-corrected chi connectivity index (χ4v) is 4.13. The Labute approximate surface area is 132 Å². The highest BCUT2D eigenvalue weighted by Crippen LogP contribution is 2.33. The van der Waals surface area contributed by atoms with Gasteiger partial charge in [-0.1, -0.05) is 6.92 Å². The van der Waals surface area contributed by atoms with Crippen LogP contribution in [-0.2, 0) is 9.59 Å². The van der Waals surface area contributed by atoms with Crippen molar-refractivity contribution >= 4 is 24.2 Å². The van der Waals surface area contributed by atoms with E-state index in [1.165, 1.54) is 12.8 Å². The Morgan fingerprint density at radius 2 is 1.95 bits per heavy atom. The van der Waals surface area contributed by atoms with Gasteiger partial charge in [0.1, 0.15) is 6.04 Å². The molecular formula is C15H26ClN3O2. The lowest BCUT2D eigenvalue weighted by molar-refractivity contribution is -0.144. The van der Waals surface area contributed by atoms with Gasteiger partial charge >= 0.3 is 0 Å². The number of hydrogen-bond donors (Lipinski definition) is 2. The maximum absolute atomic E-state index is 12.5. The van der Waals surface area contributed by atoms with Crippen LogP contribution in [0.1, 0.15) is 45.4 Å². The number of hydrogen-bond acceptors (Lipinski definition) is 3. The summed E-state index contributed by atoms with van der Waals surface area (Å²) in [6.45, 7) is 3.24. The molecule has 0 aromatic heterocycles. The van der Waals surface area contributed by atoms with Crippen LogP contribution in [0.4, 0.5) is 0 Å². The quantitative estimate of drug-likeness (QED) is 0.819. The maximum Gasteiger partial charge on any atom is 0.242 e. The Balaban J connectivity index is 0.00000161. The minimum Gasteiger partial charge on any atom is -0.353 e. The van der Waals surface area contributed by atoms with E-state index in [1.807, 2.05) is 11.8 Å². The molecule has 0 aromatic carbocycles. The average Bonchev–Trinajstić information content (AvgIpc) is 2.77. The van der Waals surface area contributed by atoms with E-state index in [2.05, 4.69) is 10.6 Å². The molecule has 3 aliphatic rings. The summed E-state index contributed by atoms with van der Waals surface area (Å²) in [4.78, 5) is 26.2. The fraction of sp³-hybridized carbons (Fsp3) is 0.867. The van der Waals surface area contributed by atoms with Crippen molar-refractivity contribution in [2.45, 2.75) is 63.6 Å². The van der Waals surface area contributed by atoms with E-state index in [1.54, 1.807) is 0 Å². The highest BCUT2D eigenvalue weighted by molar-refractivity contribution is 5.88. The number of piperidine rings is 1. The van der Waals surface area contributed by atoms with Crippen LogP contribution in [0.5, 0.6) is 0 Å². The standard InChI is InChI=1S/C15H25N3O2.ClH/c1-2-13-15(20)16-5-6-18(13)14(19)9-10-7-11-3-4-12(8-10)17-11;/h10-13,17H,2-9H2,1H3,(H,16,20);1H. The maximum atomic E-state index is 12.5. The Kier molecular flexibility index (Phi) is 5.49. The first-order valence-electron chi connectivity index (χ1n) is 8.00. The van der Waals surface area contributed by atoms with Crippen LogP contribution in [0.3, 0.4) is 0 Å². The molecule has 0 aliphatic carbocycles. The number of rotatable bonds is 3. The molecule has 3 atom stereocenters. The molecule has 6 heteroatoms. The Hall–Kier alpha value is -0.810. The van der Waals surface area contributed by atoms with Gasteiger partial charge in [0.25, 0.3) is 0 Å². The molecule has 2 bridgehead atoms. The fourth-order valence-electron chi connectivity index (χ4n) is 4.13. The van der Waals surface area contributed by atoms with E-state index in [4.69, 9.17) is 0 Å². The van der Waals surface area contributed by atoms with Gasteiger partial charge in [0.2, 0.25) is 11.8 Å². The van der Waals surface area contributed by atoms with E-state index in [-0.39, 0.29) is 30.3 Å². The van der Waals surface area contributed by atoms with Crippen molar-refractivity contribution < 1.29 is 9.59 Å². The van der Waals surface area contributed by atoms with Crippen molar-refractivity contribution in [2.24, 2.45) is 5.92 Å². The minimum absolute atomic E-state index is 0. The van der Waals surface area contributed by atoms with Gasteiger partial charge in [-0.25, -0.2) is 0 Å². The molecule has 0 saturated carbocycles. The Morgan fingerprint density at radius 3 is 2.57 bits per heavy atom. The van der Waals surface area contributed by atoms with Gasteiger partial charge in [-0.3, -0.25) is 9.59 Å². The summed E-state index contributed by atoms with van der Waals surface area (Å²) in [5, 5.41) is 6.46. The van der Waals surface area contributed by atoms with Crippen LogP contribution in [-0.4, -0.2) is 47.9 Å². The summed E-state index contributed by atoms with van der Waals surface area (Å²) < 4.78 is 0. The normalized spacial score (nSPS) is 35.1. The molecule has 120 valence electrons. The molecule has 0 spiro atoms. The summed E-state index contributed by atoms with van der Waals surface area (Å²) in [7, 11) is 0. The lowest BCUT2D eigenvalue weighted by Crippen LogP contribution is -2.57. The van der Waals surface area contributed by atoms with Crippen molar-refractivity contribution in [3.8, 4) is 0 Å². The number of nitrogens with one attached hydrogen (secondary N) is 2. The van der Waals surface area contributed by atoms with Crippen LogP contribution in [0, 0.1) is 5.92 Å². The van der Waals surface area contributed by atoms with E-state index in [0.717, 1.165) is 12.8 Å². The van der Waals surface area contributed by atoms with E-state index in [9.17, 15) is 9.59 Å². The van der Waals surface area contributed by atoms with Crippen molar-refractivity contribution in [3.63, 3.8) is 0 Å². The van der Waals surface area contributed by atoms with Crippen molar-refractivity contribution in [1.82, 2.24) is 15.5 Å². The molecule has 0 radical (unpaired) electrons. The lowest BCUT2D eigenvalue weighted by atomic mass is 9.89. The summed E-state index contributed by atoms with van der Waals surface area (Å²) >= 11 is 0. The molecule has 3 rings (SSSR count). The van der Waals surface area contributed by atoms with Gasteiger partial charge in [0, 0.05) is 31.6 Å². The molecule has 2 N–H and O–H groups in total. The summed E-state index contributed by atoms with van der Waals surface area (Å²) in [5.74, 6) is 0.694. The average molecular weight is 316 g/mol. The Bertz CT molecular complexity index is 392. The molecular weight excluding hydrogens is 290 g/mol. The first kappa shape index (κ1) is 16.6. The van der Waals surface area contributed by atoms with Gasteiger partial charge in [-0.15, -0.1) is 12.4 Å². The number of carbonyl (C=O) groups is 2. The third-order valence-electron chi connectivity index (χ3n) is 5.07. The topological polar surface area (TPSA) is 61.4 Å². The monoisotopic (exact) mass is 315 g/mol. The number of nitrogens with zero attached hydrogens (tertiary/aromatic N) is 1. The second-order valence-corrected chi connectivity index (χ2v) is 6.48. The molecule has 3 saturated heterocycles. The molecule has 3 unspecified atom stereocenters. The zero-order valence-electron chi connectivity index (χ0n) is 12.6. The predicted octanol–water partition coefficient (Wildman–Crippen LogP) is 1.07. The van der Waals surface area contributed by atoms with E-state index >= 15 is 0 Å². The second-order valence-electron chi connectivity index (χ2n) is 6.48. The van der Waals surface area contributed by atoms with Crippen molar-refractivity contribution in [3.05, 3.63) is 0 Å². The van der Waals surface area contributed by atoms with E-state index < -0.39 is 0 Å². The molecule has 3 heterocycles. The number of fused-ring (bicyclic) bond motifs is 2. The van der Waals surface area contributed by atoms with Crippen LogP contribution in [0.2, 0.25) is 0 Å². The summed E-state index contributed by atoms with van der Waals surface area (Å²) in [5.41, 5.74) is 0. The van der Waals surface area contributed by atoms with Crippen LogP contribution >= 0.6 is 12.4 Å². The predicted molar refractivity (Wildman–Crippen MR) is 83.3 cm³/mol. The smallest absolute Gasteiger partial charge is 0.242 e. The van der Waals surface area contributed by atoms with Crippen molar-refractivity contribution in [1.29, 1.82) is 0 Å². The highest BCUT2D eigenvalue weighted by atomic mass is 35.5.